The van der Waals surface area contributed by atoms with E-state index in [0.717, 1.165) is 30.3 Å². The molecule has 2 fully saturated rings. The SMILES string of the molecule is CN(C(=O)OC(C)(C)C)C1(c2ccc(B3OC(C)(C)C(C)(C)O3)cc2)CCC1. The number of rotatable bonds is 3. The van der Waals surface area contributed by atoms with E-state index in [0.29, 0.717) is 0 Å². The van der Waals surface area contributed by atoms with Gasteiger partial charge in [-0.1, -0.05) is 24.3 Å². The number of hydrogen-bond acceptors (Lipinski definition) is 4. The Kier molecular flexibility index (Phi) is 5.12. The average molecular weight is 387 g/mol. The summed E-state index contributed by atoms with van der Waals surface area (Å²) in [6.07, 6.45) is 2.71. The molecule has 1 aromatic rings. The quantitative estimate of drug-likeness (QED) is 0.729. The van der Waals surface area contributed by atoms with E-state index in [1.807, 2.05) is 27.8 Å². The monoisotopic (exact) mass is 387 g/mol. The van der Waals surface area contributed by atoms with E-state index in [-0.39, 0.29) is 30.0 Å². The van der Waals surface area contributed by atoms with Crippen molar-refractivity contribution in [3.05, 3.63) is 29.8 Å². The standard InChI is InChI=1S/C22H34BNO4/c1-19(2,3)26-18(25)24(8)22(14-9-15-22)16-10-12-17(13-11-16)23-27-20(4,5)21(6,7)28-23/h10-13H,9,14-15H2,1-8H3. The van der Waals surface area contributed by atoms with Crippen LogP contribution in [0.1, 0.15) is 73.3 Å². The van der Waals surface area contributed by atoms with Crippen LogP contribution in [0.3, 0.4) is 0 Å². The minimum atomic E-state index is -0.503. The van der Waals surface area contributed by atoms with Crippen molar-refractivity contribution >= 4 is 18.7 Å². The van der Waals surface area contributed by atoms with E-state index < -0.39 is 5.60 Å². The lowest BCUT2D eigenvalue weighted by Gasteiger charge is -2.49. The normalized spacial score (nSPS) is 22.5. The molecule has 0 unspecified atom stereocenters. The highest BCUT2D eigenvalue weighted by Crippen LogP contribution is 2.46. The zero-order chi connectivity index (χ0) is 21.0. The lowest BCUT2D eigenvalue weighted by molar-refractivity contribution is -0.0183. The fourth-order valence-corrected chi connectivity index (χ4v) is 3.76. The zero-order valence-corrected chi connectivity index (χ0v) is 18.6. The summed E-state index contributed by atoms with van der Waals surface area (Å²) in [5.74, 6) is 0. The van der Waals surface area contributed by atoms with Crippen LogP contribution in [0.25, 0.3) is 0 Å². The number of amides is 1. The molecule has 0 radical (unpaired) electrons. The van der Waals surface area contributed by atoms with Gasteiger partial charge < -0.3 is 18.9 Å². The van der Waals surface area contributed by atoms with Crippen molar-refractivity contribution in [2.24, 2.45) is 0 Å². The minimum Gasteiger partial charge on any atom is -0.444 e. The molecule has 1 aromatic carbocycles. The van der Waals surface area contributed by atoms with Crippen LogP contribution in [0.15, 0.2) is 24.3 Å². The van der Waals surface area contributed by atoms with Gasteiger partial charge in [-0.25, -0.2) is 4.79 Å². The first kappa shape index (κ1) is 21.2. The predicted molar refractivity (Wildman–Crippen MR) is 112 cm³/mol. The van der Waals surface area contributed by atoms with E-state index in [9.17, 15) is 4.79 Å². The highest BCUT2D eigenvalue weighted by molar-refractivity contribution is 6.62. The molecule has 1 heterocycles. The van der Waals surface area contributed by atoms with Gasteiger partial charge in [0.2, 0.25) is 0 Å². The Balaban J connectivity index is 1.79. The summed E-state index contributed by atoms with van der Waals surface area (Å²) in [7, 11) is 1.47. The molecule has 3 rings (SSSR count). The maximum atomic E-state index is 12.7. The van der Waals surface area contributed by atoms with Gasteiger partial charge in [-0.3, -0.25) is 0 Å². The van der Waals surface area contributed by atoms with Gasteiger partial charge in [0.05, 0.1) is 16.7 Å². The topological polar surface area (TPSA) is 48.0 Å². The second-order valence-corrected chi connectivity index (χ2v) is 10.1. The summed E-state index contributed by atoms with van der Waals surface area (Å²) in [4.78, 5) is 14.4. The van der Waals surface area contributed by atoms with Crippen molar-refractivity contribution in [3.8, 4) is 0 Å². The summed E-state index contributed by atoms with van der Waals surface area (Å²) < 4.78 is 17.9. The zero-order valence-electron chi connectivity index (χ0n) is 18.6. The van der Waals surface area contributed by atoms with E-state index in [2.05, 4.69) is 52.0 Å². The highest BCUT2D eigenvalue weighted by atomic mass is 16.7. The van der Waals surface area contributed by atoms with Gasteiger partial charge in [0.25, 0.3) is 0 Å². The van der Waals surface area contributed by atoms with Crippen LogP contribution in [0, 0.1) is 0 Å². The Morgan fingerprint density at radius 3 is 1.93 bits per heavy atom. The van der Waals surface area contributed by atoms with E-state index in [4.69, 9.17) is 14.0 Å². The van der Waals surface area contributed by atoms with Gasteiger partial charge in [0, 0.05) is 7.05 Å². The highest BCUT2D eigenvalue weighted by Gasteiger charge is 2.52. The minimum absolute atomic E-state index is 0.276. The Labute approximate surface area is 169 Å². The van der Waals surface area contributed by atoms with Gasteiger partial charge in [0.1, 0.15) is 5.60 Å². The second kappa shape index (κ2) is 6.77. The third-order valence-electron chi connectivity index (χ3n) is 6.46. The van der Waals surface area contributed by atoms with Gasteiger partial charge >= 0.3 is 13.2 Å². The summed E-state index contributed by atoms with van der Waals surface area (Å²) in [6, 6.07) is 8.31. The molecular weight excluding hydrogens is 353 g/mol. The van der Waals surface area contributed by atoms with Crippen LogP contribution in [-0.2, 0) is 19.6 Å². The van der Waals surface area contributed by atoms with Crippen LogP contribution < -0.4 is 5.46 Å². The molecule has 1 aliphatic heterocycles. The molecule has 1 saturated heterocycles. The summed E-state index contributed by atoms with van der Waals surface area (Å²) in [6.45, 7) is 13.9. The van der Waals surface area contributed by atoms with Gasteiger partial charge in [-0.15, -0.1) is 0 Å². The van der Waals surface area contributed by atoms with Crippen molar-refractivity contribution in [2.75, 3.05) is 7.05 Å². The fraction of sp³-hybridized carbons (Fsp3) is 0.682. The maximum absolute atomic E-state index is 12.7. The molecule has 0 spiro atoms. The molecule has 154 valence electrons. The van der Waals surface area contributed by atoms with Crippen LogP contribution in [0.5, 0.6) is 0 Å². The molecule has 5 nitrogen and oxygen atoms in total. The Morgan fingerprint density at radius 2 is 1.54 bits per heavy atom. The molecular formula is C22H34BNO4. The Morgan fingerprint density at radius 1 is 1.04 bits per heavy atom. The molecule has 1 saturated carbocycles. The number of benzene rings is 1. The van der Waals surface area contributed by atoms with Crippen molar-refractivity contribution < 1.29 is 18.8 Å². The molecule has 0 N–H and O–H groups in total. The lowest BCUT2D eigenvalue weighted by atomic mass is 9.69. The van der Waals surface area contributed by atoms with E-state index in [1.165, 1.54) is 0 Å². The first-order valence-electron chi connectivity index (χ1n) is 10.2. The van der Waals surface area contributed by atoms with Crippen LogP contribution in [0.4, 0.5) is 4.79 Å². The second-order valence-electron chi connectivity index (χ2n) is 10.1. The van der Waals surface area contributed by atoms with Crippen LogP contribution >= 0.6 is 0 Å². The molecule has 1 aliphatic carbocycles. The summed E-state index contributed by atoms with van der Waals surface area (Å²) in [5.41, 5.74) is 0.614. The van der Waals surface area contributed by atoms with E-state index >= 15 is 0 Å². The number of carbonyl (C=O) groups is 1. The first-order valence-corrected chi connectivity index (χ1v) is 10.2. The van der Waals surface area contributed by atoms with Gasteiger partial charge in [0.15, 0.2) is 0 Å². The van der Waals surface area contributed by atoms with Crippen LogP contribution in [0.2, 0.25) is 0 Å². The van der Waals surface area contributed by atoms with Crippen molar-refractivity contribution in [1.29, 1.82) is 0 Å². The molecule has 0 atom stereocenters. The molecule has 6 heteroatoms. The van der Waals surface area contributed by atoms with Crippen molar-refractivity contribution in [2.45, 2.75) is 90.1 Å². The molecule has 2 aliphatic rings. The third kappa shape index (κ3) is 3.69. The van der Waals surface area contributed by atoms with Crippen LogP contribution in [-0.4, -0.2) is 42.0 Å². The number of nitrogens with zero attached hydrogens (tertiary/aromatic N) is 1. The van der Waals surface area contributed by atoms with Crippen molar-refractivity contribution in [1.82, 2.24) is 4.90 Å². The third-order valence-corrected chi connectivity index (χ3v) is 6.46. The number of ether oxygens (including phenoxy) is 1. The lowest BCUT2D eigenvalue weighted by Crippen LogP contribution is -2.53. The molecule has 28 heavy (non-hydrogen) atoms. The predicted octanol–water partition coefficient (Wildman–Crippen LogP) is 4.23. The number of carbonyl (C=O) groups excluding carboxylic acids is 1. The largest absolute Gasteiger partial charge is 0.494 e. The maximum Gasteiger partial charge on any atom is 0.494 e. The Hall–Kier alpha value is -1.53. The summed E-state index contributed by atoms with van der Waals surface area (Å²) in [5, 5.41) is 0. The van der Waals surface area contributed by atoms with E-state index in [1.54, 1.807) is 4.90 Å². The Bertz CT molecular complexity index is 716. The molecule has 0 bridgehead atoms. The van der Waals surface area contributed by atoms with Crippen molar-refractivity contribution in [3.63, 3.8) is 0 Å². The average Bonchev–Trinajstić information content (AvgIpc) is 2.73. The van der Waals surface area contributed by atoms with Gasteiger partial charge in [-0.2, -0.15) is 0 Å². The molecule has 1 amide bonds. The smallest absolute Gasteiger partial charge is 0.444 e. The summed E-state index contributed by atoms with van der Waals surface area (Å²) >= 11 is 0. The van der Waals surface area contributed by atoms with Gasteiger partial charge in [-0.05, 0) is 78.8 Å². The first-order chi connectivity index (χ1) is 12.8. The number of hydrogen-bond donors (Lipinski definition) is 0. The fourth-order valence-electron chi connectivity index (χ4n) is 3.76. The molecule has 0 aromatic heterocycles.